The molecule has 0 amide bonds. The molecule has 76 valence electrons. The summed E-state index contributed by atoms with van der Waals surface area (Å²) in [6.07, 6.45) is 3.25. The second-order valence-electron chi connectivity index (χ2n) is 3.01. The van der Waals surface area contributed by atoms with E-state index in [9.17, 15) is 9.18 Å². The van der Waals surface area contributed by atoms with Crippen molar-refractivity contribution in [3.05, 3.63) is 23.7 Å². The summed E-state index contributed by atoms with van der Waals surface area (Å²) in [7, 11) is -0.676. The van der Waals surface area contributed by atoms with Crippen molar-refractivity contribution in [1.82, 2.24) is 0 Å². The molecule has 0 saturated carbocycles. The zero-order valence-corrected chi connectivity index (χ0v) is 7.61. The summed E-state index contributed by atoms with van der Waals surface area (Å²) in [6, 6.07) is 0. The molecule has 14 heavy (non-hydrogen) atoms. The highest BCUT2D eigenvalue weighted by atomic mass is 19.1. The predicted molar refractivity (Wildman–Crippen MR) is 47.9 cm³/mol. The van der Waals surface area contributed by atoms with E-state index in [1.165, 1.54) is 12.2 Å². The minimum Gasteiger partial charge on any atom is -0.466 e. The van der Waals surface area contributed by atoms with Gasteiger partial charge in [0.05, 0.1) is 7.11 Å². The van der Waals surface area contributed by atoms with Crippen LogP contribution >= 0.6 is 0 Å². The van der Waals surface area contributed by atoms with Crippen LogP contribution in [0.2, 0.25) is 0 Å². The van der Waals surface area contributed by atoms with Crippen molar-refractivity contribution in [2.24, 2.45) is 0 Å². The van der Waals surface area contributed by atoms with Crippen molar-refractivity contribution in [2.75, 3.05) is 7.11 Å². The summed E-state index contributed by atoms with van der Waals surface area (Å²) in [5, 5.41) is 17.6. The van der Waals surface area contributed by atoms with E-state index in [4.69, 9.17) is 10.0 Å². The maximum absolute atomic E-state index is 13.8. The maximum Gasteiger partial charge on any atom is 0.484 e. The molecule has 0 saturated heterocycles. The molecule has 0 aromatic rings. The second kappa shape index (κ2) is 3.94. The Hall–Kier alpha value is -1.14. The number of hydrogen-bond acceptors (Lipinski definition) is 4. The molecular weight excluding hydrogens is 190 g/mol. The summed E-state index contributed by atoms with van der Waals surface area (Å²) in [6.45, 7) is 0. The minimum atomic E-state index is -2.29. The van der Waals surface area contributed by atoms with Crippen LogP contribution in [-0.2, 0) is 9.53 Å². The lowest BCUT2D eigenvalue weighted by molar-refractivity contribution is -0.151. The molecule has 0 aromatic heterocycles. The van der Waals surface area contributed by atoms with E-state index in [2.05, 4.69) is 4.74 Å². The molecule has 1 aliphatic rings. The Morgan fingerprint density at radius 3 is 2.86 bits per heavy atom. The van der Waals surface area contributed by atoms with Gasteiger partial charge in [0.15, 0.2) is 0 Å². The number of rotatable bonds is 2. The molecule has 1 rings (SSSR count). The quantitative estimate of drug-likeness (QED) is 0.477. The molecule has 0 bridgehead atoms. The first kappa shape index (κ1) is 10.9. The number of carbonyl (C=O) groups excluding carboxylic acids is 1. The fraction of sp³-hybridized carbons (Fsp3) is 0.375. The van der Waals surface area contributed by atoms with Gasteiger partial charge in [-0.2, -0.15) is 0 Å². The normalized spacial score (nSPS) is 25.6. The number of hydrogen-bond donors (Lipinski definition) is 2. The smallest absolute Gasteiger partial charge is 0.466 e. The van der Waals surface area contributed by atoms with Crippen LogP contribution in [0, 0.1) is 0 Å². The van der Waals surface area contributed by atoms with Crippen molar-refractivity contribution in [1.29, 1.82) is 0 Å². The monoisotopic (exact) mass is 200 g/mol. The van der Waals surface area contributed by atoms with Crippen molar-refractivity contribution in [3.63, 3.8) is 0 Å². The lowest BCUT2D eigenvalue weighted by Gasteiger charge is -2.22. The van der Waals surface area contributed by atoms with Gasteiger partial charge in [-0.15, -0.1) is 0 Å². The number of ether oxygens (including phenoxy) is 1. The van der Waals surface area contributed by atoms with Crippen LogP contribution in [0.25, 0.3) is 0 Å². The molecule has 0 aliphatic heterocycles. The molecule has 2 N–H and O–H groups in total. The number of esters is 1. The van der Waals surface area contributed by atoms with Crippen LogP contribution in [0.1, 0.15) is 6.42 Å². The Morgan fingerprint density at radius 2 is 2.36 bits per heavy atom. The van der Waals surface area contributed by atoms with E-state index in [0.717, 1.165) is 13.2 Å². The van der Waals surface area contributed by atoms with Crippen LogP contribution in [0.4, 0.5) is 4.39 Å². The highest BCUT2D eigenvalue weighted by Crippen LogP contribution is 2.28. The predicted octanol–water partition coefficient (Wildman–Crippen LogP) is -0.234. The van der Waals surface area contributed by atoms with Crippen LogP contribution in [0.3, 0.4) is 0 Å². The SMILES string of the molecule is COC(=O)C1(F)C=CC=C(B(O)O)C1. The summed E-state index contributed by atoms with van der Waals surface area (Å²) in [5.41, 5.74) is -2.25. The van der Waals surface area contributed by atoms with E-state index >= 15 is 0 Å². The molecule has 4 nitrogen and oxygen atoms in total. The number of carbonyl (C=O) groups is 1. The van der Waals surface area contributed by atoms with Crippen molar-refractivity contribution in [2.45, 2.75) is 12.1 Å². The molecule has 6 heteroatoms. The summed E-state index contributed by atoms with van der Waals surface area (Å²) in [4.78, 5) is 11.0. The molecule has 0 heterocycles. The minimum absolute atomic E-state index is 0.0420. The van der Waals surface area contributed by atoms with Crippen molar-refractivity contribution >= 4 is 13.1 Å². The second-order valence-corrected chi connectivity index (χ2v) is 3.01. The number of halogens is 1. The van der Waals surface area contributed by atoms with Gasteiger partial charge in [-0.3, -0.25) is 0 Å². The third-order valence-corrected chi connectivity index (χ3v) is 1.99. The van der Waals surface area contributed by atoms with E-state index in [0.29, 0.717) is 0 Å². The zero-order valence-electron chi connectivity index (χ0n) is 7.61. The lowest BCUT2D eigenvalue weighted by atomic mass is 9.71. The Labute approximate surface area is 80.8 Å². The van der Waals surface area contributed by atoms with Gasteiger partial charge in [-0.1, -0.05) is 12.2 Å². The number of allylic oxidation sites excluding steroid dienone is 3. The molecule has 0 spiro atoms. The average molecular weight is 200 g/mol. The van der Waals surface area contributed by atoms with Crippen LogP contribution in [0.5, 0.6) is 0 Å². The van der Waals surface area contributed by atoms with Crippen molar-refractivity contribution in [3.8, 4) is 0 Å². The molecule has 0 aromatic carbocycles. The molecule has 1 atom stereocenters. The Bertz CT molecular complexity index is 300. The van der Waals surface area contributed by atoms with E-state index < -0.39 is 25.2 Å². The van der Waals surface area contributed by atoms with Gasteiger partial charge in [0.1, 0.15) is 0 Å². The van der Waals surface area contributed by atoms with Gasteiger partial charge in [-0.25, -0.2) is 9.18 Å². The van der Waals surface area contributed by atoms with E-state index in [-0.39, 0.29) is 5.47 Å². The fourth-order valence-electron chi connectivity index (χ4n) is 1.23. The van der Waals surface area contributed by atoms with Gasteiger partial charge in [-0.05, 0) is 11.5 Å². The highest BCUT2D eigenvalue weighted by Gasteiger charge is 2.41. The Morgan fingerprint density at radius 1 is 1.71 bits per heavy atom. The lowest BCUT2D eigenvalue weighted by Crippen LogP contribution is -2.37. The van der Waals surface area contributed by atoms with Gasteiger partial charge < -0.3 is 14.8 Å². The maximum atomic E-state index is 13.8. The first-order chi connectivity index (χ1) is 6.49. The van der Waals surface area contributed by atoms with E-state index in [1.54, 1.807) is 0 Å². The van der Waals surface area contributed by atoms with Crippen LogP contribution in [-0.4, -0.2) is 35.9 Å². The molecule has 1 unspecified atom stereocenters. The van der Waals surface area contributed by atoms with Gasteiger partial charge in [0.25, 0.3) is 0 Å². The first-order valence-electron chi connectivity index (χ1n) is 4.01. The fourth-order valence-corrected chi connectivity index (χ4v) is 1.23. The van der Waals surface area contributed by atoms with Gasteiger partial charge in [0.2, 0.25) is 5.67 Å². The Kier molecular flexibility index (Phi) is 3.08. The summed E-state index contributed by atoms with van der Waals surface area (Å²) < 4.78 is 18.0. The first-order valence-corrected chi connectivity index (χ1v) is 4.01. The largest absolute Gasteiger partial charge is 0.484 e. The topological polar surface area (TPSA) is 66.8 Å². The van der Waals surface area contributed by atoms with Crippen molar-refractivity contribution < 1.29 is 24.0 Å². The molecule has 0 fully saturated rings. The number of methoxy groups -OCH3 is 1. The average Bonchev–Trinajstić information content (AvgIpc) is 2.16. The van der Waals surface area contributed by atoms with Crippen LogP contribution in [0.15, 0.2) is 23.7 Å². The summed E-state index contributed by atoms with van der Waals surface area (Å²) in [5.74, 6) is -1.04. The third kappa shape index (κ3) is 2.02. The van der Waals surface area contributed by atoms with Gasteiger partial charge >= 0.3 is 13.1 Å². The highest BCUT2D eigenvalue weighted by molar-refractivity contribution is 6.50. The molecule has 0 radical (unpaired) electrons. The summed E-state index contributed by atoms with van der Waals surface area (Å²) >= 11 is 0. The molecular formula is C8H10BFO4. The standard InChI is InChI=1S/C8H10BFO4/c1-14-7(11)8(10)4-2-3-6(5-8)9(12)13/h2-4,12-13H,5H2,1H3. The zero-order chi connectivity index (χ0) is 10.8. The van der Waals surface area contributed by atoms with Gasteiger partial charge in [0, 0.05) is 6.42 Å². The third-order valence-electron chi connectivity index (χ3n) is 1.99. The van der Waals surface area contributed by atoms with Crippen LogP contribution < -0.4 is 0 Å². The number of alkyl halides is 1. The molecule has 1 aliphatic carbocycles. The van der Waals surface area contributed by atoms with E-state index in [1.807, 2.05) is 0 Å². The Balaban J connectivity index is 2.84.